The summed E-state index contributed by atoms with van der Waals surface area (Å²) in [5, 5.41) is 8.53. The van der Waals surface area contributed by atoms with Crippen LogP contribution < -0.4 is 18.9 Å². The molecule has 0 saturated carbocycles. The lowest BCUT2D eigenvalue weighted by Crippen LogP contribution is -2.13. The van der Waals surface area contributed by atoms with E-state index in [1.54, 1.807) is 72.9 Å². The molecule has 0 fully saturated rings. The van der Waals surface area contributed by atoms with Crippen molar-refractivity contribution in [2.75, 3.05) is 13.2 Å². The Balaban J connectivity index is 1.28. The molecule has 0 heterocycles. The molecule has 0 bridgehead atoms. The molecule has 9 nitrogen and oxygen atoms in total. The average Bonchev–Trinajstić information content (AvgIpc) is 3.21. The van der Waals surface area contributed by atoms with E-state index >= 15 is 0 Å². The molecule has 5 aromatic rings. The number of rotatable bonds is 20. The van der Waals surface area contributed by atoms with Gasteiger partial charge in [-0.15, -0.1) is 0 Å². The molecule has 0 saturated heterocycles. The fourth-order valence-electron chi connectivity index (χ4n) is 5.26. The molecule has 0 spiro atoms. The number of aliphatic imine (C=N–C) groups is 1. The van der Waals surface area contributed by atoms with E-state index in [0.29, 0.717) is 52.8 Å². The second-order valence-electron chi connectivity index (χ2n) is 12.7. The maximum atomic E-state index is 13.3. The van der Waals surface area contributed by atoms with Crippen molar-refractivity contribution in [3.05, 3.63) is 138 Å². The number of hydrogen-bond donors (Lipinski definition) is 0. The first kappa shape index (κ1) is 39.1. The van der Waals surface area contributed by atoms with Crippen LogP contribution in [0.15, 0.2) is 137 Å². The fourth-order valence-corrected chi connectivity index (χ4v) is 5.26. The molecule has 5 rings (SSSR count). The van der Waals surface area contributed by atoms with E-state index in [-0.39, 0.29) is 11.5 Å². The first-order valence-corrected chi connectivity index (χ1v) is 18.7. The predicted molar refractivity (Wildman–Crippen MR) is 213 cm³/mol. The van der Waals surface area contributed by atoms with Gasteiger partial charge in [0.2, 0.25) is 0 Å². The van der Waals surface area contributed by atoms with Gasteiger partial charge in [0.1, 0.15) is 11.5 Å². The second-order valence-corrected chi connectivity index (χ2v) is 12.7. The molecule has 5 aromatic carbocycles. The highest BCUT2D eigenvalue weighted by Crippen LogP contribution is 2.31. The first-order valence-electron chi connectivity index (χ1n) is 18.7. The van der Waals surface area contributed by atoms with Crippen LogP contribution in [0.1, 0.15) is 91.5 Å². The summed E-state index contributed by atoms with van der Waals surface area (Å²) in [6, 6.07) is 35.3. The Morgan fingerprint density at radius 3 is 1.56 bits per heavy atom. The number of hydrogen-bond acceptors (Lipinski definition) is 9. The smallest absolute Gasteiger partial charge is 0.343 e. The Morgan fingerprint density at radius 2 is 1.02 bits per heavy atom. The van der Waals surface area contributed by atoms with Crippen molar-refractivity contribution in [3.63, 3.8) is 0 Å². The van der Waals surface area contributed by atoms with Crippen molar-refractivity contribution in [2.45, 2.75) is 65.2 Å². The van der Waals surface area contributed by atoms with Gasteiger partial charge >= 0.3 is 11.9 Å². The summed E-state index contributed by atoms with van der Waals surface area (Å²) in [4.78, 5) is 31.2. The number of unbranched alkanes of at least 4 members (excludes halogenated alkanes) is 6. The molecule has 0 aliphatic rings. The minimum atomic E-state index is -0.614. The van der Waals surface area contributed by atoms with Crippen LogP contribution in [0, 0.1) is 0 Å². The standard InChI is InChI=1S/C45H47N3O6/c1-3-5-7-12-30-51-40-25-17-35(18-26-40)44(49)53-42-29-16-34(33-46-37-21-23-39(24-22-37)48-47-38-14-10-9-11-15-38)32-43(42)54-45(50)36-19-27-41(28-20-36)52-31-13-8-6-4-2/h9-11,14-29,32-33H,3-8,12-13,30-31H2,1-2H3. The molecule has 0 N–H and O–H groups in total. The Hall–Kier alpha value is -6.09. The van der Waals surface area contributed by atoms with E-state index in [0.717, 1.165) is 44.2 Å². The second kappa shape index (κ2) is 21.4. The lowest BCUT2D eigenvalue weighted by molar-refractivity contribution is 0.0682. The molecule has 0 radical (unpaired) electrons. The van der Waals surface area contributed by atoms with Crippen molar-refractivity contribution in [1.29, 1.82) is 0 Å². The Bertz CT molecular complexity index is 1960. The molecule has 9 heteroatoms. The van der Waals surface area contributed by atoms with Gasteiger partial charge in [-0.25, -0.2) is 9.59 Å². The third-order valence-corrected chi connectivity index (χ3v) is 8.34. The number of benzene rings is 5. The molecular weight excluding hydrogens is 679 g/mol. The van der Waals surface area contributed by atoms with Crippen molar-refractivity contribution in [3.8, 4) is 23.0 Å². The van der Waals surface area contributed by atoms with E-state index < -0.39 is 11.9 Å². The molecule has 0 aromatic heterocycles. The van der Waals surface area contributed by atoms with Gasteiger partial charge < -0.3 is 18.9 Å². The van der Waals surface area contributed by atoms with Crippen LogP contribution in [-0.4, -0.2) is 31.4 Å². The maximum absolute atomic E-state index is 13.3. The van der Waals surface area contributed by atoms with E-state index in [9.17, 15) is 9.59 Å². The van der Waals surface area contributed by atoms with Crippen LogP contribution in [0.2, 0.25) is 0 Å². The van der Waals surface area contributed by atoms with Gasteiger partial charge in [-0.1, -0.05) is 70.6 Å². The van der Waals surface area contributed by atoms with E-state index in [2.05, 4.69) is 29.1 Å². The predicted octanol–water partition coefficient (Wildman–Crippen LogP) is 12.2. The number of carbonyl (C=O) groups excluding carboxylic acids is 2. The van der Waals surface area contributed by atoms with Gasteiger partial charge in [-0.3, -0.25) is 4.99 Å². The minimum absolute atomic E-state index is 0.0669. The lowest BCUT2D eigenvalue weighted by Gasteiger charge is -2.12. The molecule has 0 amide bonds. The monoisotopic (exact) mass is 725 g/mol. The summed E-state index contributed by atoms with van der Waals surface area (Å²) in [6.45, 7) is 5.58. The van der Waals surface area contributed by atoms with Crippen LogP contribution in [0.5, 0.6) is 23.0 Å². The van der Waals surface area contributed by atoms with Crippen LogP contribution in [0.25, 0.3) is 0 Å². The summed E-state index contributed by atoms with van der Waals surface area (Å²) in [5.41, 5.74) is 3.41. The van der Waals surface area contributed by atoms with Crippen LogP contribution >= 0.6 is 0 Å². The minimum Gasteiger partial charge on any atom is -0.494 e. The van der Waals surface area contributed by atoms with Gasteiger partial charge in [0.05, 0.1) is 41.4 Å². The van der Waals surface area contributed by atoms with Crippen molar-refractivity contribution >= 4 is 35.2 Å². The third kappa shape index (κ3) is 12.8. The summed E-state index contributed by atoms with van der Waals surface area (Å²) in [7, 11) is 0. The zero-order valence-corrected chi connectivity index (χ0v) is 31.0. The average molecular weight is 726 g/mol. The van der Waals surface area contributed by atoms with Crippen LogP contribution in [0.3, 0.4) is 0 Å². The molecule has 54 heavy (non-hydrogen) atoms. The summed E-state index contributed by atoms with van der Waals surface area (Å²) < 4.78 is 23.2. The fraction of sp³-hybridized carbons (Fsp3) is 0.267. The van der Waals surface area contributed by atoms with E-state index in [4.69, 9.17) is 18.9 Å². The maximum Gasteiger partial charge on any atom is 0.343 e. The van der Waals surface area contributed by atoms with Gasteiger partial charge in [-0.05, 0) is 122 Å². The topological polar surface area (TPSA) is 108 Å². The van der Waals surface area contributed by atoms with Gasteiger partial charge in [0.25, 0.3) is 0 Å². The molecule has 0 unspecified atom stereocenters. The number of esters is 2. The van der Waals surface area contributed by atoms with Crippen LogP contribution in [-0.2, 0) is 0 Å². The zero-order valence-electron chi connectivity index (χ0n) is 31.0. The van der Waals surface area contributed by atoms with Crippen molar-refractivity contribution < 1.29 is 28.5 Å². The highest BCUT2D eigenvalue weighted by molar-refractivity contribution is 5.94. The lowest BCUT2D eigenvalue weighted by atomic mass is 10.2. The van der Waals surface area contributed by atoms with Gasteiger partial charge in [0, 0.05) is 6.21 Å². The summed E-state index contributed by atoms with van der Waals surface area (Å²) in [5.74, 6) is 0.292. The Morgan fingerprint density at radius 1 is 0.519 bits per heavy atom. The molecule has 0 aliphatic heterocycles. The van der Waals surface area contributed by atoms with Crippen molar-refractivity contribution in [2.24, 2.45) is 15.2 Å². The zero-order chi connectivity index (χ0) is 37.8. The number of azo groups is 1. The molecule has 278 valence electrons. The summed E-state index contributed by atoms with van der Waals surface area (Å²) in [6.07, 6.45) is 10.5. The first-order chi connectivity index (χ1) is 26.5. The normalized spacial score (nSPS) is 11.1. The van der Waals surface area contributed by atoms with Gasteiger partial charge in [0.15, 0.2) is 11.5 Å². The highest BCUT2D eigenvalue weighted by Gasteiger charge is 2.18. The quantitative estimate of drug-likeness (QED) is 0.0260. The number of ether oxygens (including phenoxy) is 4. The van der Waals surface area contributed by atoms with E-state index in [1.807, 2.05) is 54.6 Å². The van der Waals surface area contributed by atoms with Crippen molar-refractivity contribution in [1.82, 2.24) is 0 Å². The molecular formula is C45H47N3O6. The van der Waals surface area contributed by atoms with E-state index in [1.165, 1.54) is 12.8 Å². The Labute approximate surface area is 317 Å². The highest BCUT2D eigenvalue weighted by atomic mass is 16.6. The molecule has 0 aliphatic carbocycles. The number of carbonyl (C=O) groups is 2. The largest absolute Gasteiger partial charge is 0.494 e. The Kier molecular flexibility index (Phi) is 15.5. The third-order valence-electron chi connectivity index (χ3n) is 8.34. The van der Waals surface area contributed by atoms with Gasteiger partial charge in [-0.2, -0.15) is 10.2 Å². The molecule has 0 atom stereocenters. The summed E-state index contributed by atoms with van der Waals surface area (Å²) >= 11 is 0. The SMILES string of the molecule is CCCCCCOc1ccc(C(=O)Oc2ccc(C=Nc3ccc(N=Nc4ccccc4)cc3)cc2OC(=O)c2ccc(OCCCCCC)cc2)cc1. The van der Waals surface area contributed by atoms with Crippen LogP contribution in [0.4, 0.5) is 17.1 Å². The number of nitrogens with zero attached hydrogens (tertiary/aromatic N) is 3.